The molecular weight excluding hydrogens is 182 g/mol. The van der Waals surface area contributed by atoms with Crippen LogP contribution in [-0.4, -0.2) is 30.9 Å². The van der Waals surface area contributed by atoms with E-state index < -0.39 is 0 Å². The van der Waals surface area contributed by atoms with E-state index in [1.54, 1.807) is 0 Å². The van der Waals surface area contributed by atoms with Gasteiger partial charge in [-0.2, -0.15) is 0 Å². The van der Waals surface area contributed by atoms with Crippen LogP contribution in [-0.2, 0) is 9.59 Å². The highest BCUT2D eigenvalue weighted by molar-refractivity contribution is 5.85. The molecule has 1 fully saturated rings. The minimum Gasteiger partial charge on any atom is -0.352 e. The number of rotatable bonds is 4. The van der Waals surface area contributed by atoms with Gasteiger partial charge in [0.25, 0.3) is 0 Å². The van der Waals surface area contributed by atoms with Gasteiger partial charge in [-0.1, -0.05) is 12.8 Å². The summed E-state index contributed by atoms with van der Waals surface area (Å²) in [6.45, 7) is -0.0385. The molecule has 1 aliphatic rings. The maximum atomic E-state index is 11.3. The molecule has 0 aromatic heterocycles. The summed E-state index contributed by atoms with van der Waals surface area (Å²) in [6, 6.07) is 0.303. The molecule has 0 aromatic carbocycles. The summed E-state index contributed by atoms with van der Waals surface area (Å²) in [6.07, 6.45) is 4.47. The highest BCUT2D eigenvalue weighted by atomic mass is 16.2. The second kappa shape index (κ2) is 5.59. The number of nitrogens with two attached hydrogens (primary N) is 1. The topological polar surface area (TPSA) is 84.2 Å². The molecule has 0 heterocycles. The summed E-state index contributed by atoms with van der Waals surface area (Å²) >= 11 is 0. The molecule has 1 aliphatic carbocycles. The van der Waals surface area contributed by atoms with E-state index in [4.69, 9.17) is 5.73 Å². The zero-order valence-corrected chi connectivity index (χ0v) is 8.21. The Balaban J connectivity index is 2.12. The van der Waals surface area contributed by atoms with E-state index in [9.17, 15) is 9.59 Å². The lowest BCUT2D eigenvalue weighted by molar-refractivity contribution is -0.125. The van der Waals surface area contributed by atoms with Gasteiger partial charge in [0.1, 0.15) is 0 Å². The van der Waals surface area contributed by atoms with Gasteiger partial charge >= 0.3 is 0 Å². The van der Waals surface area contributed by atoms with Crippen LogP contribution in [0, 0.1) is 0 Å². The van der Waals surface area contributed by atoms with Crippen molar-refractivity contribution in [3.63, 3.8) is 0 Å². The van der Waals surface area contributed by atoms with Crippen LogP contribution in [0.15, 0.2) is 0 Å². The molecule has 0 radical (unpaired) electrons. The van der Waals surface area contributed by atoms with Crippen LogP contribution < -0.4 is 16.4 Å². The van der Waals surface area contributed by atoms with Gasteiger partial charge in [-0.25, -0.2) is 0 Å². The van der Waals surface area contributed by atoms with Crippen LogP contribution >= 0.6 is 0 Å². The number of hydrogen-bond acceptors (Lipinski definition) is 3. The molecule has 1 rings (SSSR count). The molecule has 4 N–H and O–H groups in total. The predicted molar refractivity (Wildman–Crippen MR) is 52.5 cm³/mol. The maximum absolute atomic E-state index is 11.3. The minimum atomic E-state index is -0.299. The number of amides is 2. The second-order valence-corrected chi connectivity index (χ2v) is 3.53. The highest BCUT2D eigenvalue weighted by Gasteiger charge is 2.16. The van der Waals surface area contributed by atoms with Crippen molar-refractivity contribution in [2.24, 2.45) is 5.73 Å². The van der Waals surface area contributed by atoms with Crippen LogP contribution in [0.25, 0.3) is 0 Å². The van der Waals surface area contributed by atoms with Gasteiger partial charge in [-0.05, 0) is 12.8 Å². The smallest absolute Gasteiger partial charge is 0.239 e. The monoisotopic (exact) mass is 199 g/mol. The molecule has 0 spiro atoms. The van der Waals surface area contributed by atoms with Gasteiger partial charge in [0.05, 0.1) is 13.1 Å². The summed E-state index contributed by atoms with van der Waals surface area (Å²) in [7, 11) is 0. The molecule has 0 aliphatic heterocycles. The lowest BCUT2D eigenvalue weighted by Gasteiger charge is -2.11. The van der Waals surface area contributed by atoms with Crippen molar-refractivity contribution < 1.29 is 9.59 Å². The Labute approximate surface area is 83.4 Å². The average Bonchev–Trinajstić information content (AvgIpc) is 2.66. The molecule has 0 saturated heterocycles. The van der Waals surface area contributed by atoms with E-state index in [1.807, 2.05) is 0 Å². The van der Waals surface area contributed by atoms with E-state index >= 15 is 0 Å². The Morgan fingerprint density at radius 1 is 1.21 bits per heavy atom. The highest BCUT2D eigenvalue weighted by Crippen LogP contribution is 2.17. The second-order valence-electron chi connectivity index (χ2n) is 3.53. The predicted octanol–water partition coefficient (Wildman–Crippen LogP) is -0.880. The summed E-state index contributed by atoms with van der Waals surface area (Å²) in [5.41, 5.74) is 5.08. The first-order valence-corrected chi connectivity index (χ1v) is 4.98. The first kappa shape index (κ1) is 11.0. The van der Waals surface area contributed by atoms with Crippen LogP contribution in [0.5, 0.6) is 0 Å². The van der Waals surface area contributed by atoms with Gasteiger partial charge in [0.2, 0.25) is 11.8 Å². The Bertz CT molecular complexity index is 212. The molecule has 0 bridgehead atoms. The quantitative estimate of drug-likeness (QED) is 0.549. The Morgan fingerprint density at radius 3 is 2.43 bits per heavy atom. The summed E-state index contributed by atoms with van der Waals surface area (Å²) in [4.78, 5) is 22.0. The van der Waals surface area contributed by atoms with Crippen molar-refractivity contribution in [3.8, 4) is 0 Å². The van der Waals surface area contributed by atoms with Crippen molar-refractivity contribution in [2.45, 2.75) is 31.7 Å². The maximum Gasteiger partial charge on any atom is 0.239 e. The Kier molecular flexibility index (Phi) is 4.39. The molecule has 5 nitrogen and oxygen atoms in total. The molecule has 2 amide bonds. The molecule has 0 atom stereocenters. The lowest BCUT2D eigenvalue weighted by Crippen LogP contribution is -2.42. The molecule has 5 heteroatoms. The van der Waals surface area contributed by atoms with Crippen molar-refractivity contribution >= 4 is 11.8 Å². The zero-order chi connectivity index (χ0) is 10.4. The molecule has 14 heavy (non-hydrogen) atoms. The van der Waals surface area contributed by atoms with E-state index in [0.717, 1.165) is 12.8 Å². The summed E-state index contributed by atoms with van der Waals surface area (Å²) in [5, 5.41) is 5.29. The number of carbonyl (C=O) groups is 2. The van der Waals surface area contributed by atoms with Crippen molar-refractivity contribution in [3.05, 3.63) is 0 Å². The van der Waals surface area contributed by atoms with E-state index in [0.29, 0.717) is 6.04 Å². The number of nitrogens with one attached hydrogen (secondary N) is 2. The van der Waals surface area contributed by atoms with Crippen LogP contribution in [0.1, 0.15) is 25.7 Å². The van der Waals surface area contributed by atoms with Gasteiger partial charge < -0.3 is 16.4 Å². The minimum absolute atomic E-state index is 0.0343. The van der Waals surface area contributed by atoms with E-state index in [-0.39, 0.29) is 24.9 Å². The molecule has 1 saturated carbocycles. The lowest BCUT2D eigenvalue weighted by atomic mass is 10.2. The standard InChI is InChI=1S/C9H17N3O2/c10-5-8(13)11-6-9(14)12-7-3-1-2-4-7/h7H,1-6,10H2,(H,11,13)(H,12,14). The number of carbonyl (C=O) groups excluding carboxylic acids is 2. The van der Waals surface area contributed by atoms with Gasteiger partial charge in [-0.15, -0.1) is 0 Å². The number of hydrogen-bond donors (Lipinski definition) is 3. The normalized spacial score (nSPS) is 16.6. The van der Waals surface area contributed by atoms with Crippen LogP contribution in [0.4, 0.5) is 0 Å². The Hall–Kier alpha value is -1.10. The molecule has 0 aromatic rings. The third-order valence-corrected chi connectivity index (χ3v) is 2.35. The summed E-state index contributed by atoms with van der Waals surface area (Å²) in [5.74, 6) is -0.426. The third-order valence-electron chi connectivity index (χ3n) is 2.35. The summed E-state index contributed by atoms with van der Waals surface area (Å²) < 4.78 is 0. The third kappa shape index (κ3) is 3.74. The van der Waals surface area contributed by atoms with Crippen LogP contribution in [0.3, 0.4) is 0 Å². The first-order chi connectivity index (χ1) is 6.72. The molecule has 0 unspecified atom stereocenters. The van der Waals surface area contributed by atoms with E-state index in [2.05, 4.69) is 10.6 Å². The fraction of sp³-hybridized carbons (Fsp3) is 0.778. The fourth-order valence-corrected chi connectivity index (χ4v) is 1.60. The van der Waals surface area contributed by atoms with Gasteiger partial charge in [-0.3, -0.25) is 9.59 Å². The Morgan fingerprint density at radius 2 is 1.86 bits per heavy atom. The SMILES string of the molecule is NCC(=O)NCC(=O)NC1CCCC1. The largest absolute Gasteiger partial charge is 0.352 e. The van der Waals surface area contributed by atoms with Crippen LogP contribution in [0.2, 0.25) is 0 Å². The molecular formula is C9H17N3O2. The zero-order valence-electron chi connectivity index (χ0n) is 8.21. The average molecular weight is 199 g/mol. The molecule has 80 valence electrons. The van der Waals surface area contributed by atoms with Crippen molar-refractivity contribution in [1.82, 2.24) is 10.6 Å². The fourth-order valence-electron chi connectivity index (χ4n) is 1.60. The van der Waals surface area contributed by atoms with Gasteiger partial charge in [0, 0.05) is 6.04 Å². The van der Waals surface area contributed by atoms with Crippen molar-refractivity contribution in [1.29, 1.82) is 0 Å². The van der Waals surface area contributed by atoms with E-state index in [1.165, 1.54) is 12.8 Å². The van der Waals surface area contributed by atoms with Gasteiger partial charge in [0.15, 0.2) is 0 Å². The van der Waals surface area contributed by atoms with Crippen molar-refractivity contribution in [2.75, 3.05) is 13.1 Å². The first-order valence-electron chi connectivity index (χ1n) is 4.98.